The lowest BCUT2D eigenvalue weighted by molar-refractivity contribution is -0.137. The van der Waals surface area contributed by atoms with Crippen molar-refractivity contribution in [3.05, 3.63) is 0 Å². The number of rotatable bonds is 5. The quantitative estimate of drug-likeness (QED) is 0.669. The zero-order chi connectivity index (χ0) is 10.5. The minimum Gasteiger partial charge on any atom is -0.481 e. The fourth-order valence-corrected chi connectivity index (χ4v) is 1.32. The number of carbonyl (C=O) groups excluding carboxylic acids is 1. The molecule has 0 aromatic heterocycles. The van der Waals surface area contributed by atoms with Crippen LogP contribution in [0.4, 0.5) is 0 Å². The van der Waals surface area contributed by atoms with Crippen LogP contribution in [0.3, 0.4) is 0 Å². The molecule has 0 aromatic carbocycles. The number of carboxylic acids is 1. The Hall–Kier alpha value is -0.860. The summed E-state index contributed by atoms with van der Waals surface area (Å²) in [5.41, 5.74) is 0.0103. The van der Waals surface area contributed by atoms with E-state index in [0.29, 0.717) is 12.8 Å². The standard InChI is InChI=1S/C10H18O3/c1-10(2,3)8(6-7-11)4-5-9(12)13/h7-8H,4-6H2,1-3H3,(H,12,13). The molecule has 0 radical (unpaired) electrons. The molecule has 0 aromatic rings. The lowest BCUT2D eigenvalue weighted by Gasteiger charge is -2.28. The minimum absolute atomic E-state index is 0.0103. The van der Waals surface area contributed by atoms with Crippen molar-refractivity contribution >= 4 is 12.3 Å². The van der Waals surface area contributed by atoms with Gasteiger partial charge in [-0.05, 0) is 17.8 Å². The normalized spacial score (nSPS) is 13.8. The fraction of sp³-hybridized carbons (Fsp3) is 0.800. The third kappa shape index (κ3) is 5.39. The molecule has 0 aliphatic rings. The summed E-state index contributed by atoms with van der Waals surface area (Å²) in [5.74, 6) is -0.624. The molecule has 13 heavy (non-hydrogen) atoms. The summed E-state index contributed by atoms with van der Waals surface area (Å²) in [4.78, 5) is 20.7. The van der Waals surface area contributed by atoms with E-state index >= 15 is 0 Å². The van der Waals surface area contributed by atoms with Crippen molar-refractivity contribution in [1.82, 2.24) is 0 Å². The maximum Gasteiger partial charge on any atom is 0.303 e. The van der Waals surface area contributed by atoms with Gasteiger partial charge in [0.05, 0.1) is 0 Å². The van der Waals surface area contributed by atoms with Crippen LogP contribution < -0.4 is 0 Å². The Morgan fingerprint density at radius 2 is 2.00 bits per heavy atom. The number of carbonyl (C=O) groups is 2. The predicted molar refractivity (Wildman–Crippen MR) is 50.5 cm³/mol. The first-order chi connectivity index (χ1) is 5.88. The highest BCUT2D eigenvalue weighted by molar-refractivity contribution is 5.66. The van der Waals surface area contributed by atoms with Gasteiger partial charge in [-0.3, -0.25) is 4.79 Å². The molecular weight excluding hydrogens is 168 g/mol. The Labute approximate surface area is 79.1 Å². The highest BCUT2D eigenvalue weighted by Gasteiger charge is 2.24. The van der Waals surface area contributed by atoms with E-state index in [-0.39, 0.29) is 17.8 Å². The first kappa shape index (κ1) is 12.1. The SMILES string of the molecule is CC(C)(C)C(CC=O)CCC(=O)O. The molecule has 0 fully saturated rings. The Balaban J connectivity index is 4.10. The molecule has 0 bridgehead atoms. The van der Waals surface area contributed by atoms with Gasteiger partial charge in [0.2, 0.25) is 0 Å². The van der Waals surface area contributed by atoms with Crippen molar-refractivity contribution in [3.63, 3.8) is 0 Å². The van der Waals surface area contributed by atoms with E-state index in [1.807, 2.05) is 20.8 Å². The molecule has 0 aliphatic heterocycles. The summed E-state index contributed by atoms with van der Waals surface area (Å²) in [6.07, 6.45) is 2.06. The number of aliphatic carboxylic acids is 1. The average Bonchev–Trinajstić information content (AvgIpc) is 1.95. The molecule has 3 heteroatoms. The van der Waals surface area contributed by atoms with E-state index in [9.17, 15) is 9.59 Å². The van der Waals surface area contributed by atoms with E-state index in [0.717, 1.165) is 6.29 Å². The lowest BCUT2D eigenvalue weighted by atomic mass is 9.76. The average molecular weight is 186 g/mol. The van der Waals surface area contributed by atoms with Gasteiger partial charge in [-0.2, -0.15) is 0 Å². The fourth-order valence-electron chi connectivity index (χ4n) is 1.32. The van der Waals surface area contributed by atoms with Crippen molar-refractivity contribution in [2.24, 2.45) is 11.3 Å². The highest BCUT2D eigenvalue weighted by Crippen LogP contribution is 2.31. The Morgan fingerprint density at radius 3 is 2.31 bits per heavy atom. The molecule has 3 nitrogen and oxygen atoms in total. The van der Waals surface area contributed by atoms with Crippen LogP contribution in [0.5, 0.6) is 0 Å². The molecule has 1 atom stereocenters. The monoisotopic (exact) mass is 186 g/mol. The van der Waals surface area contributed by atoms with E-state index in [1.165, 1.54) is 0 Å². The predicted octanol–water partition coefficient (Wildman–Crippen LogP) is 2.10. The van der Waals surface area contributed by atoms with Crippen LogP contribution >= 0.6 is 0 Å². The molecule has 0 spiro atoms. The second kappa shape index (κ2) is 5.00. The summed E-state index contributed by atoms with van der Waals surface area (Å²) in [7, 11) is 0. The van der Waals surface area contributed by atoms with Crippen LogP contribution in [0.25, 0.3) is 0 Å². The maximum absolute atomic E-state index is 10.4. The summed E-state index contributed by atoms with van der Waals surface area (Å²) in [6, 6.07) is 0. The number of hydrogen-bond acceptors (Lipinski definition) is 2. The molecule has 1 unspecified atom stereocenters. The van der Waals surface area contributed by atoms with Crippen molar-refractivity contribution in [1.29, 1.82) is 0 Å². The summed E-state index contributed by atoms with van der Waals surface area (Å²) in [6.45, 7) is 6.09. The third-order valence-electron chi connectivity index (χ3n) is 2.31. The molecular formula is C10H18O3. The largest absolute Gasteiger partial charge is 0.481 e. The minimum atomic E-state index is -0.792. The molecule has 0 amide bonds. The van der Waals surface area contributed by atoms with E-state index in [4.69, 9.17) is 5.11 Å². The zero-order valence-electron chi connectivity index (χ0n) is 8.54. The Morgan fingerprint density at radius 1 is 1.46 bits per heavy atom. The molecule has 0 aliphatic carbocycles. The molecule has 0 saturated heterocycles. The van der Waals surface area contributed by atoms with Gasteiger partial charge in [0.1, 0.15) is 6.29 Å². The van der Waals surface area contributed by atoms with Gasteiger partial charge < -0.3 is 9.90 Å². The number of carboxylic acid groups (broad SMARTS) is 1. The first-order valence-corrected chi connectivity index (χ1v) is 4.53. The number of hydrogen-bond donors (Lipinski definition) is 1. The van der Waals surface area contributed by atoms with E-state index in [1.54, 1.807) is 0 Å². The summed E-state index contributed by atoms with van der Waals surface area (Å²) >= 11 is 0. The van der Waals surface area contributed by atoms with Crippen molar-refractivity contribution in [2.45, 2.75) is 40.0 Å². The number of aldehydes is 1. The topological polar surface area (TPSA) is 54.4 Å². The zero-order valence-corrected chi connectivity index (χ0v) is 8.54. The van der Waals surface area contributed by atoms with Crippen LogP contribution in [-0.4, -0.2) is 17.4 Å². The Bertz CT molecular complexity index is 179. The summed E-state index contributed by atoms with van der Waals surface area (Å²) < 4.78 is 0. The van der Waals surface area contributed by atoms with E-state index < -0.39 is 5.97 Å². The van der Waals surface area contributed by atoms with Gasteiger partial charge in [-0.25, -0.2) is 0 Å². The van der Waals surface area contributed by atoms with Crippen LogP contribution in [0.1, 0.15) is 40.0 Å². The third-order valence-corrected chi connectivity index (χ3v) is 2.31. The molecule has 0 heterocycles. The smallest absolute Gasteiger partial charge is 0.303 e. The first-order valence-electron chi connectivity index (χ1n) is 4.53. The van der Waals surface area contributed by atoms with Crippen LogP contribution in [-0.2, 0) is 9.59 Å². The van der Waals surface area contributed by atoms with E-state index in [2.05, 4.69) is 0 Å². The van der Waals surface area contributed by atoms with Gasteiger partial charge in [-0.15, -0.1) is 0 Å². The Kier molecular flexibility index (Phi) is 4.67. The van der Waals surface area contributed by atoms with Gasteiger partial charge in [0.15, 0.2) is 0 Å². The van der Waals surface area contributed by atoms with Gasteiger partial charge in [0.25, 0.3) is 0 Å². The molecule has 0 saturated carbocycles. The van der Waals surface area contributed by atoms with Crippen molar-refractivity contribution < 1.29 is 14.7 Å². The molecule has 76 valence electrons. The van der Waals surface area contributed by atoms with Crippen LogP contribution in [0.15, 0.2) is 0 Å². The second-order valence-corrected chi connectivity index (χ2v) is 4.40. The van der Waals surface area contributed by atoms with Crippen LogP contribution in [0, 0.1) is 11.3 Å². The molecule has 0 rings (SSSR count). The lowest BCUT2D eigenvalue weighted by Crippen LogP contribution is -2.21. The maximum atomic E-state index is 10.4. The van der Waals surface area contributed by atoms with Gasteiger partial charge >= 0.3 is 5.97 Å². The van der Waals surface area contributed by atoms with Crippen LogP contribution in [0.2, 0.25) is 0 Å². The highest BCUT2D eigenvalue weighted by atomic mass is 16.4. The second-order valence-electron chi connectivity index (χ2n) is 4.40. The van der Waals surface area contributed by atoms with Gasteiger partial charge in [0, 0.05) is 12.8 Å². The molecule has 1 N–H and O–H groups in total. The van der Waals surface area contributed by atoms with Crippen molar-refractivity contribution in [2.75, 3.05) is 0 Å². The van der Waals surface area contributed by atoms with Crippen molar-refractivity contribution in [3.8, 4) is 0 Å². The van der Waals surface area contributed by atoms with Gasteiger partial charge in [-0.1, -0.05) is 20.8 Å². The summed E-state index contributed by atoms with van der Waals surface area (Å²) in [5, 5.41) is 8.51.